The SMILES string of the molecule is O=C(CC1CCNCC1F)c1ccc(C(=O)N2CCN(Cc3ccc(F)cc3)CC2)cn1. The van der Waals surface area contributed by atoms with Gasteiger partial charge in [0.1, 0.15) is 17.7 Å². The molecular weight excluding hydrogens is 414 g/mol. The van der Waals surface area contributed by atoms with Crippen LogP contribution < -0.4 is 5.32 Å². The molecule has 0 radical (unpaired) electrons. The predicted octanol–water partition coefficient (Wildman–Crippen LogP) is 2.70. The average molecular weight is 443 g/mol. The third kappa shape index (κ3) is 5.55. The fourth-order valence-electron chi connectivity index (χ4n) is 4.27. The molecule has 1 N–H and O–H groups in total. The van der Waals surface area contributed by atoms with E-state index >= 15 is 0 Å². The maximum Gasteiger partial charge on any atom is 0.255 e. The number of aromatic nitrogens is 1. The lowest BCUT2D eigenvalue weighted by Crippen LogP contribution is -2.48. The van der Waals surface area contributed by atoms with Crippen LogP contribution in [0.4, 0.5) is 8.78 Å². The van der Waals surface area contributed by atoms with Crippen LogP contribution in [-0.2, 0) is 6.54 Å². The van der Waals surface area contributed by atoms with Gasteiger partial charge in [-0.25, -0.2) is 8.78 Å². The second-order valence-electron chi connectivity index (χ2n) is 8.52. The second kappa shape index (κ2) is 10.3. The summed E-state index contributed by atoms with van der Waals surface area (Å²) in [5.74, 6) is -0.825. The van der Waals surface area contributed by atoms with Gasteiger partial charge in [-0.3, -0.25) is 19.5 Å². The van der Waals surface area contributed by atoms with Gasteiger partial charge in [-0.2, -0.15) is 0 Å². The predicted molar refractivity (Wildman–Crippen MR) is 117 cm³/mol. The van der Waals surface area contributed by atoms with Crippen molar-refractivity contribution in [1.82, 2.24) is 20.1 Å². The summed E-state index contributed by atoms with van der Waals surface area (Å²) < 4.78 is 27.0. The Morgan fingerprint density at radius 2 is 1.81 bits per heavy atom. The number of alkyl halides is 1. The molecule has 3 heterocycles. The molecule has 1 amide bonds. The van der Waals surface area contributed by atoms with Crippen molar-refractivity contribution in [3.8, 4) is 0 Å². The van der Waals surface area contributed by atoms with Crippen molar-refractivity contribution in [2.75, 3.05) is 39.3 Å². The molecule has 2 aliphatic heterocycles. The van der Waals surface area contributed by atoms with Gasteiger partial charge in [0.15, 0.2) is 5.78 Å². The largest absolute Gasteiger partial charge is 0.336 e. The van der Waals surface area contributed by atoms with Crippen molar-refractivity contribution in [3.05, 3.63) is 65.2 Å². The minimum Gasteiger partial charge on any atom is -0.336 e. The molecule has 2 saturated heterocycles. The van der Waals surface area contributed by atoms with Crippen LogP contribution in [0.2, 0.25) is 0 Å². The van der Waals surface area contributed by atoms with Crippen molar-refractivity contribution in [1.29, 1.82) is 0 Å². The van der Waals surface area contributed by atoms with E-state index < -0.39 is 6.17 Å². The molecule has 0 aliphatic carbocycles. The lowest BCUT2D eigenvalue weighted by atomic mass is 9.90. The smallest absolute Gasteiger partial charge is 0.255 e. The van der Waals surface area contributed by atoms with E-state index in [0.29, 0.717) is 25.1 Å². The Labute approximate surface area is 186 Å². The number of halogens is 2. The molecule has 4 rings (SSSR count). The van der Waals surface area contributed by atoms with Crippen LogP contribution in [-0.4, -0.2) is 71.9 Å². The highest BCUT2D eigenvalue weighted by Gasteiger charge is 2.28. The maximum atomic E-state index is 14.0. The number of hydrogen-bond donors (Lipinski definition) is 1. The van der Waals surface area contributed by atoms with Crippen LogP contribution >= 0.6 is 0 Å². The molecule has 32 heavy (non-hydrogen) atoms. The Bertz CT molecular complexity index is 928. The Morgan fingerprint density at radius 3 is 2.47 bits per heavy atom. The van der Waals surface area contributed by atoms with E-state index in [1.54, 1.807) is 29.2 Å². The highest BCUT2D eigenvalue weighted by molar-refractivity contribution is 5.97. The number of rotatable bonds is 6. The number of carbonyl (C=O) groups is 2. The molecule has 8 heteroatoms. The molecule has 2 atom stereocenters. The number of nitrogens with zero attached hydrogens (tertiary/aromatic N) is 3. The van der Waals surface area contributed by atoms with Gasteiger partial charge >= 0.3 is 0 Å². The number of Topliss-reactive ketones (excluding diaryl/α,β-unsaturated/α-hetero) is 1. The lowest BCUT2D eigenvalue weighted by molar-refractivity contribution is 0.0627. The standard InChI is InChI=1S/C24H28F2N4O2/c25-20-4-1-17(2-5-20)16-29-9-11-30(12-10-29)24(32)19-3-6-22(28-14-19)23(31)13-18-7-8-27-15-21(18)26/h1-6,14,18,21,27H,7-13,15-16H2. The Balaban J connectivity index is 1.28. The van der Waals surface area contributed by atoms with Crippen molar-refractivity contribution in [2.45, 2.75) is 25.6 Å². The number of amides is 1. The van der Waals surface area contributed by atoms with E-state index in [-0.39, 0.29) is 42.1 Å². The van der Waals surface area contributed by atoms with E-state index in [2.05, 4.69) is 15.2 Å². The van der Waals surface area contributed by atoms with Gasteiger partial charge in [0.05, 0.1) is 5.56 Å². The number of pyridine rings is 1. The number of ketones is 1. The van der Waals surface area contributed by atoms with Crippen LogP contribution in [0.25, 0.3) is 0 Å². The Hall–Kier alpha value is -2.71. The van der Waals surface area contributed by atoms with Crippen LogP contribution in [0.5, 0.6) is 0 Å². The minimum absolute atomic E-state index is 0.111. The van der Waals surface area contributed by atoms with Gasteiger partial charge in [0.25, 0.3) is 5.91 Å². The number of piperazine rings is 1. The molecule has 2 aromatic rings. The summed E-state index contributed by atoms with van der Waals surface area (Å²) in [4.78, 5) is 33.5. The molecule has 2 fully saturated rings. The molecular formula is C24H28F2N4O2. The molecule has 0 spiro atoms. The first-order chi connectivity index (χ1) is 15.5. The first kappa shape index (κ1) is 22.5. The van der Waals surface area contributed by atoms with Gasteiger partial charge in [0, 0.05) is 51.9 Å². The number of hydrogen-bond acceptors (Lipinski definition) is 5. The molecule has 1 aromatic heterocycles. The summed E-state index contributed by atoms with van der Waals surface area (Å²) >= 11 is 0. The van der Waals surface area contributed by atoms with Crippen LogP contribution in [0.3, 0.4) is 0 Å². The first-order valence-electron chi connectivity index (χ1n) is 11.1. The zero-order valence-electron chi connectivity index (χ0n) is 18.0. The van der Waals surface area contributed by atoms with E-state index in [1.165, 1.54) is 18.3 Å². The summed E-state index contributed by atoms with van der Waals surface area (Å²) in [6, 6.07) is 9.66. The second-order valence-corrected chi connectivity index (χ2v) is 8.52. The van der Waals surface area contributed by atoms with Gasteiger partial charge in [0.2, 0.25) is 0 Å². The van der Waals surface area contributed by atoms with Gasteiger partial charge in [-0.15, -0.1) is 0 Å². The highest BCUT2D eigenvalue weighted by Crippen LogP contribution is 2.21. The number of nitrogens with one attached hydrogen (secondary N) is 1. The molecule has 2 unspecified atom stereocenters. The Morgan fingerprint density at radius 1 is 1.06 bits per heavy atom. The Kier molecular flexibility index (Phi) is 7.22. The molecule has 1 aromatic carbocycles. The lowest BCUT2D eigenvalue weighted by Gasteiger charge is -2.34. The van der Waals surface area contributed by atoms with Crippen LogP contribution in [0, 0.1) is 11.7 Å². The van der Waals surface area contributed by atoms with Crippen LogP contribution in [0.1, 0.15) is 39.3 Å². The fourth-order valence-corrected chi connectivity index (χ4v) is 4.27. The topological polar surface area (TPSA) is 65.5 Å². The van der Waals surface area contributed by atoms with E-state index in [1.807, 2.05) is 0 Å². The first-order valence-corrected chi connectivity index (χ1v) is 11.1. The third-order valence-corrected chi connectivity index (χ3v) is 6.27. The van der Waals surface area contributed by atoms with E-state index in [4.69, 9.17) is 0 Å². The molecule has 170 valence electrons. The van der Waals surface area contributed by atoms with Gasteiger partial charge in [-0.05, 0) is 48.7 Å². The third-order valence-electron chi connectivity index (χ3n) is 6.27. The normalized spacial score (nSPS) is 22.0. The highest BCUT2D eigenvalue weighted by atomic mass is 19.1. The average Bonchev–Trinajstić information content (AvgIpc) is 2.82. The summed E-state index contributed by atoms with van der Waals surface area (Å²) in [7, 11) is 0. The summed E-state index contributed by atoms with van der Waals surface area (Å²) in [5.41, 5.74) is 1.76. The monoisotopic (exact) mass is 442 g/mol. The van der Waals surface area contributed by atoms with E-state index in [9.17, 15) is 18.4 Å². The molecule has 2 aliphatic rings. The fraction of sp³-hybridized carbons (Fsp3) is 0.458. The van der Waals surface area contributed by atoms with Crippen LogP contribution in [0.15, 0.2) is 42.6 Å². The number of piperidine rings is 1. The molecule has 6 nitrogen and oxygen atoms in total. The number of carbonyl (C=O) groups excluding carboxylic acids is 2. The number of benzene rings is 1. The molecule has 0 bridgehead atoms. The van der Waals surface area contributed by atoms with Crippen molar-refractivity contribution in [2.24, 2.45) is 5.92 Å². The maximum absolute atomic E-state index is 14.0. The summed E-state index contributed by atoms with van der Waals surface area (Å²) in [6.07, 6.45) is 1.20. The van der Waals surface area contributed by atoms with Crippen molar-refractivity contribution in [3.63, 3.8) is 0 Å². The summed E-state index contributed by atoms with van der Waals surface area (Å²) in [5, 5.41) is 2.98. The van der Waals surface area contributed by atoms with Crippen molar-refractivity contribution >= 4 is 11.7 Å². The van der Waals surface area contributed by atoms with E-state index in [0.717, 1.165) is 31.7 Å². The zero-order valence-corrected chi connectivity index (χ0v) is 18.0. The van der Waals surface area contributed by atoms with Gasteiger partial charge in [-0.1, -0.05) is 12.1 Å². The minimum atomic E-state index is -1.02. The quantitative estimate of drug-likeness (QED) is 0.697. The summed E-state index contributed by atoms with van der Waals surface area (Å²) in [6.45, 7) is 4.37. The van der Waals surface area contributed by atoms with Crippen molar-refractivity contribution < 1.29 is 18.4 Å². The zero-order chi connectivity index (χ0) is 22.5. The molecule has 0 saturated carbocycles. The van der Waals surface area contributed by atoms with Gasteiger partial charge < -0.3 is 10.2 Å².